The second kappa shape index (κ2) is 6.74. The predicted octanol–water partition coefficient (Wildman–Crippen LogP) is 3.12. The summed E-state index contributed by atoms with van der Waals surface area (Å²) in [4.78, 5) is 0.239. The van der Waals surface area contributed by atoms with Crippen LogP contribution in [-0.4, -0.2) is 15.1 Å². The van der Waals surface area contributed by atoms with Gasteiger partial charge in [0.1, 0.15) is 5.75 Å². The Morgan fingerprint density at radius 1 is 1.00 bits per heavy atom. The zero-order chi connectivity index (χ0) is 15.3. The van der Waals surface area contributed by atoms with Gasteiger partial charge in [-0.15, -0.1) is 0 Å². The van der Waals surface area contributed by atoms with Crippen LogP contribution in [0.3, 0.4) is 0 Å². The Balaban J connectivity index is 1.98. The van der Waals surface area contributed by atoms with E-state index < -0.39 is 10.0 Å². The van der Waals surface area contributed by atoms with Gasteiger partial charge in [-0.3, -0.25) is 0 Å². The number of hydrogen-bond donors (Lipinski definition) is 1. The van der Waals surface area contributed by atoms with Crippen molar-refractivity contribution in [3.63, 3.8) is 0 Å². The van der Waals surface area contributed by atoms with Gasteiger partial charge in [0.2, 0.25) is 10.0 Å². The summed E-state index contributed by atoms with van der Waals surface area (Å²) >= 11 is 0. The van der Waals surface area contributed by atoms with Gasteiger partial charge in [-0.25, -0.2) is 8.42 Å². The van der Waals surface area contributed by atoms with E-state index in [1.807, 2.05) is 30.3 Å². The van der Waals surface area contributed by atoms with Crippen LogP contribution in [0.25, 0.3) is 0 Å². The maximum atomic E-state index is 12.1. The number of sulfonamides is 1. The molecule has 1 N–H and O–H groups in total. The molecule has 0 aromatic heterocycles. The lowest BCUT2D eigenvalue weighted by Gasteiger charge is -2.10. The van der Waals surface area contributed by atoms with Crippen molar-refractivity contribution in [2.24, 2.45) is 0 Å². The highest BCUT2D eigenvalue weighted by atomic mass is 32.2. The van der Waals surface area contributed by atoms with E-state index in [1.165, 1.54) is 0 Å². The van der Waals surface area contributed by atoms with E-state index in [1.54, 1.807) is 24.3 Å². The van der Waals surface area contributed by atoms with Crippen molar-refractivity contribution >= 4 is 10.0 Å². The normalized spacial score (nSPS) is 11.6. The molecule has 0 radical (unpaired) electrons. The Bertz CT molecular complexity index is 664. The highest BCUT2D eigenvalue weighted by molar-refractivity contribution is 7.89. The Morgan fingerprint density at radius 3 is 2.19 bits per heavy atom. The first-order valence-electron chi connectivity index (χ1n) is 6.76. The molecule has 0 saturated heterocycles. The van der Waals surface area contributed by atoms with E-state index in [0.29, 0.717) is 11.7 Å². The van der Waals surface area contributed by atoms with Crippen molar-refractivity contribution in [2.75, 3.05) is 6.73 Å². The molecule has 2 aromatic rings. The monoisotopic (exact) mass is 305 g/mol. The van der Waals surface area contributed by atoms with Crippen molar-refractivity contribution in [3.8, 4) is 5.75 Å². The average molecular weight is 305 g/mol. The minimum atomic E-state index is -3.55. The Morgan fingerprint density at radius 2 is 1.62 bits per heavy atom. The van der Waals surface area contributed by atoms with Crippen LogP contribution in [0, 0.1) is 0 Å². The van der Waals surface area contributed by atoms with Gasteiger partial charge in [-0.2, -0.15) is 4.72 Å². The van der Waals surface area contributed by atoms with Gasteiger partial charge in [0.25, 0.3) is 0 Å². The zero-order valence-electron chi connectivity index (χ0n) is 12.1. The van der Waals surface area contributed by atoms with Crippen LogP contribution in [0.5, 0.6) is 5.75 Å². The molecule has 0 saturated carbocycles. The number of para-hydroxylation sites is 1. The molecule has 0 unspecified atom stereocenters. The lowest BCUT2D eigenvalue weighted by Crippen LogP contribution is -2.27. The SMILES string of the molecule is CC(C)c1ccc(S(=O)(=O)NCOc2ccccc2)cc1. The molecule has 2 rings (SSSR count). The lowest BCUT2D eigenvalue weighted by atomic mass is 10.0. The quantitative estimate of drug-likeness (QED) is 0.834. The van der Waals surface area contributed by atoms with Crippen molar-refractivity contribution in [2.45, 2.75) is 24.7 Å². The largest absolute Gasteiger partial charge is 0.477 e. The van der Waals surface area contributed by atoms with Gasteiger partial charge in [-0.1, -0.05) is 44.2 Å². The third kappa shape index (κ3) is 4.31. The van der Waals surface area contributed by atoms with Crippen LogP contribution >= 0.6 is 0 Å². The van der Waals surface area contributed by atoms with Gasteiger partial charge in [0.15, 0.2) is 6.73 Å². The molecular weight excluding hydrogens is 286 g/mol. The summed E-state index contributed by atoms with van der Waals surface area (Å²) in [5.74, 6) is 0.992. The fourth-order valence-corrected chi connectivity index (χ4v) is 2.70. The standard InChI is InChI=1S/C16H19NO3S/c1-13(2)14-8-10-16(11-9-14)21(18,19)17-12-20-15-6-4-3-5-7-15/h3-11,13,17H,12H2,1-2H3. The smallest absolute Gasteiger partial charge is 0.243 e. The van der Waals surface area contributed by atoms with E-state index in [4.69, 9.17) is 4.74 Å². The molecule has 0 aliphatic rings. The predicted molar refractivity (Wildman–Crippen MR) is 82.8 cm³/mol. The Kier molecular flexibility index (Phi) is 4.98. The highest BCUT2D eigenvalue weighted by Gasteiger charge is 2.13. The van der Waals surface area contributed by atoms with Crippen LogP contribution in [-0.2, 0) is 10.0 Å². The topological polar surface area (TPSA) is 55.4 Å². The van der Waals surface area contributed by atoms with Crippen LogP contribution in [0.1, 0.15) is 25.3 Å². The second-order valence-corrected chi connectivity index (χ2v) is 6.74. The van der Waals surface area contributed by atoms with E-state index in [-0.39, 0.29) is 11.6 Å². The van der Waals surface area contributed by atoms with Gasteiger partial charge < -0.3 is 4.74 Å². The first-order chi connectivity index (χ1) is 9.99. The summed E-state index contributed by atoms with van der Waals surface area (Å²) in [6, 6.07) is 15.9. The third-order valence-corrected chi connectivity index (χ3v) is 4.48. The molecule has 0 amide bonds. The minimum Gasteiger partial charge on any atom is -0.477 e. The molecule has 0 aliphatic carbocycles. The number of hydrogen-bond acceptors (Lipinski definition) is 3. The Labute approximate surface area is 125 Å². The van der Waals surface area contributed by atoms with E-state index in [0.717, 1.165) is 5.56 Å². The summed E-state index contributed by atoms with van der Waals surface area (Å²) in [5, 5.41) is 0. The fraction of sp³-hybridized carbons (Fsp3) is 0.250. The van der Waals surface area contributed by atoms with Crippen LogP contribution in [0.4, 0.5) is 0 Å². The van der Waals surface area contributed by atoms with Gasteiger partial charge in [-0.05, 0) is 35.7 Å². The van der Waals surface area contributed by atoms with Crippen LogP contribution in [0.2, 0.25) is 0 Å². The van der Waals surface area contributed by atoms with Gasteiger partial charge in [0.05, 0.1) is 4.90 Å². The number of rotatable bonds is 6. The molecule has 0 aliphatic heterocycles. The molecular formula is C16H19NO3S. The summed E-state index contributed by atoms with van der Waals surface area (Å²) in [5.41, 5.74) is 1.11. The maximum Gasteiger partial charge on any atom is 0.243 e. The molecule has 21 heavy (non-hydrogen) atoms. The second-order valence-electron chi connectivity index (χ2n) is 4.97. The average Bonchev–Trinajstić information content (AvgIpc) is 2.48. The van der Waals surface area contributed by atoms with E-state index >= 15 is 0 Å². The molecule has 0 atom stereocenters. The zero-order valence-corrected chi connectivity index (χ0v) is 12.9. The van der Waals surface area contributed by atoms with Crippen LogP contribution < -0.4 is 9.46 Å². The number of ether oxygens (including phenoxy) is 1. The highest BCUT2D eigenvalue weighted by Crippen LogP contribution is 2.17. The fourth-order valence-electron chi connectivity index (χ4n) is 1.82. The molecule has 0 fully saturated rings. The van der Waals surface area contributed by atoms with Gasteiger partial charge >= 0.3 is 0 Å². The Hall–Kier alpha value is -1.85. The number of benzene rings is 2. The van der Waals surface area contributed by atoms with Crippen molar-refractivity contribution in [1.82, 2.24) is 4.72 Å². The summed E-state index contributed by atoms with van der Waals surface area (Å²) < 4.78 is 32.0. The molecule has 0 heterocycles. The third-order valence-electron chi connectivity index (χ3n) is 3.09. The number of nitrogens with one attached hydrogen (secondary N) is 1. The van der Waals surface area contributed by atoms with E-state index in [9.17, 15) is 8.42 Å². The summed E-state index contributed by atoms with van der Waals surface area (Å²) in [6.45, 7) is 4.03. The maximum absolute atomic E-state index is 12.1. The molecule has 5 heteroatoms. The van der Waals surface area contributed by atoms with Gasteiger partial charge in [0, 0.05) is 0 Å². The molecule has 0 spiro atoms. The molecule has 0 bridgehead atoms. The van der Waals surface area contributed by atoms with Crippen molar-refractivity contribution in [3.05, 3.63) is 60.2 Å². The van der Waals surface area contributed by atoms with Crippen LogP contribution in [0.15, 0.2) is 59.5 Å². The van der Waals surface area contributed by atoms with Crippen molar-refractivity contribution in [1.29, 1.82) is 0 Å². The first kappa shape index (κ1) is 15.5. The van der Waals surface area contributed by atoms with Crippen molar-refractivity contribution < 1.29 is 13.2 Å². The molecule has 112 valence electrons. The van der Waals surface area contributed by atoms with E-state index in [2.05, 4.69) is 18.6 Å². The lowest BCUT2D eigenvalue weighted by molar-refractivity contribution is 0.311. The molecule has 4 nitrogen and oxygen atoms in total. The summed E-state index contributed by atoms with van der Waals surface area (Å²) in [6.07, 6.45) is 0. The summed E-state index contributed by atoms with van der Waals surface area (Å²) in [7, 11) is -3.55. The minimum absolute atomic E-state index is 0.0989. The first-order valence-corrected chi connectivity index (χ1v) is 8.25. The molecule has 2 aromatic carbocycles.